The summed E-state index contributed by atoms with van der Waals surface area (Å²) in [6, 6.07) is 25.0. The molecule has 14 heteroatoms. The standard InChI is InChI=1S/C39H38FN5O5S3/c1-25(2)22-45(53(49,50)29-14-15-32-35(19-29)51-24-43-32)33(23-46)34-16-13-28(52-34)20-42-39(48)37(44-38(47)27-11-7-4-8-12-27)36(26-9-5-3-6-10-26)30-17-18-41-21-31(30)40/h3-19,21,24-25,33,36-37,46H,20,22-23H2,1-2H3,(H,42,48)(H,44,47). The number of aromatic nitrogens is 2. The summed E-state index contributed by atoms with van der Waals surface area (Å²) in [4.78, 5) is 37.2. The summed E-state index contributed by atoms with van der Waals surface area (Å²) in [6.45, 7) is 3.54. The van der Waals surface area contributed by atoms with Crippen molar-refractivity contribution in [1.29, 1.82) is 0 Å². The van der Waals surface area contributed by atoms with Crippen LogP contribution in [0.1, 0.15) is 57.0 Å². The predicted octanol–water partition coefficient (Wildman–Crippen LogP) is 6.52. The second-order valence-electron chi connectivity index (χ2n) is 12.8. The van der Waals surface area contributed by atoms with Crippen LogP contribution in [0.25, 0.3) is 10.2 Å². The van der Waals surface area contributed by atoms with Gasteiger partial charge < -0.3 is 15.7 Å². The molecule has 3 aromatic heterocycles. The molecule has 0 radical (unpaired) electrons. The number of nitrogens with zero attached hydrogens (tertiary/aromatic N) is 3. The van der Waals surface area contributed by atoms with E-state index in [1.807, 2.05) is 19.9 Å². The van der Waals surface area contributed by atoms with Gasteiger partial charge in [-0.1, -0.05) is 62.4 Å². The molecule has 10 nitrogen and oxygen atoms in total. The number of sulfonamides is 1. The highest BCUT2D eigenvalue weighted by molar-refractivity contribution is 7.89. The molecular weight excluding hydrogens is 734 g/mol. The molecule has 0 bridgehead atoms. The number of nitrogens with one attached hydrogen (secondary N) is 2. The minimum absolute atomic E-state index is 0.0265. The van der Waals surface area contributed by atoms with Gasteiger partial charge >= 0.3 is 0 Å². The van der Waals surface area contributed by atoms with Crippen molar-refractivity contribution >= 4 is 54.7 Å². The molecule has 3 atom stereocenters. The van der Waals surface area contributed by atoms with Crippen molar-refractivity contribution in [3.8, 4) is 0 Å². The summed E-state index contributed by atoms with van der Waals surface area (Å²) >= 11 is 2.61. The Balaban J connectivity index is 1.28. The second-order valence-corrected chi connectivity index (χ2v) is 16.8. The third-order valence-electron chi connectivity index (χ3n) is 8.66. The van der Waals surface area contributed by atoms with Crippen molar-refractivity contribution in [2.24, 2.45) is 5.92 Å². The highest BCUT2D eigenvalue weighted by Gasteiger charge is 2.36. The highest BCUT2D eigenvalue weighted by Crippen LogP contribution is 2.35. The molecule has 6 aromatic rings. The van der Waals surface area contributed by atoms with Crippen LogP contribution in [0.5, 0.6) is 0 Å². The molecule has 0 aliphatic rings. The summed E-state index contributed by atoms with van der Waals surface area (Å²) in [6.07, 6.45) is 2.51. The average Bonchev–Trinajstić information content (AvgIpc) is 3.84. The summed E-state index contributed by atoms with van der Waals surface area (Å²) in [7, 11) is -4.04. The molecule has 0 spiro atoms. The summed E-state index contributed by atoms with van der Waals surface area (Å²) in [5.41, 5.74) is 3.49. The lowest BCUT2D eigenvalue weighted by molar-refractivity contribution is -0.123. The Kier molecular flexibility index (Phi) is 12.1. The summed E-state index contributed by atoms with van der Waals surface area (Å²) in [5, 5.41) is 16.4. The number of carbonyl (C=O) groups is 2. The molecule has 3 unspecified atom stereocenters. The van der Waals surface area contributed by atoms with Gasteiger partial charge in [0.25, 0.3) is 5.91 Å². The van der Waals surface area contributed by atoms with Gasteiger partial charge in [-0.2, -0.15) is 4.31 Å². The number of rotatable bonds is 15. The van der Waals surface area contributed by atoms with Gasteiger partial charge in [0, 0.05) is 39.5 Å². The fourth-order valence-corrected chi connectivity index (χ4v) is 9.83. The lowest BCUT2D eigenvalue weighted by Crippen LogP contribution is -2.50. The molecule has 274 valence electrons. The third kappa shape index (κ3) is 8.69. The van der Waals surface area contributed by atoms with Crippen LogP contribution in [0.3, 0.4) is 0 Å². The number of carbonyl (C=O) groups excluding carboxylic acids is 2. The van der Waals surface area contributed by atoms with E-state index in [1.54, 1.807) is 84.4 Å². The molecule has 2 amide bonds. The van der Waals surface area contributed by atoms with Gasteiger partial charge in [-0.25, -0.2) is 17.8 Å². The Labute approximate surface area is 315 Å². The molecule has 3 N–H and O–H groups in total. The molecule has 6 rings (SSSR count). The van der Waals surface area contributed by atoms with Crippen molar-refractivity contribution in [2.45, 2.75) is 43.3 Å². The van der Waals surface area contributed by atoms with Crippen molar-refractivity contribution in [3.05, 3.63) is 147 Å². The maximum Gasteiger partial charge on any atom is 0.251 e. The topological polar surface area (TPSA) is 142 Å². The molecule has 3 heterocycles. The van der Waals surface area contributed by atoms with Crippen LogP contribution in [-0.4, -0.2) is 58.8 Å². The number of benzene rings is 3. The Morgan fingerprint density at radius 1 is 0.962 bits per heavy atom. The lowest BCUT2D eigenvalue weighted by atomic mass is 9.84. The molecule has 0 saturated heterocycles. The minimum Gasteiger partial charge on any atom is -0.394 e. The van der Waals surface area contributed by atoms with Crippen molar-refractivity contribution in [2.75, 3.05) is 13.2 Å². The van der Waals surface area contributed by atoms with Gasteiger partial charge in [0.1, 0.15) is 11.9 Å². The van der Waals surface area contributed by atoms with Crippen molar-refractivity contribution < 1.29 is 27.5 Å². The Hall–Kier alpha value is -4.86. The van der Waals surface area contributed by atoms with Gasteiger partial charge in [-0.3, -0.25) is 14.6 Å². The van der Waals surface area contributed by atoms with Gasteiger partial charge in [0.15, 0.2) is 0 Å². The second kappa shape index (κ2) is 16.9. The van der Waals surface area contributed by atoms with E-state index in [1.165, 1.54) is 45.3 Å². The fraction of sp³-hybridized carbons (Fsp3) is 0.231. The molecular formula is C39H38FN5O5S3. The molecule has 3 aromatic carbocycles. The van der Waals surface area contributed by atoms with Crippen LogP contribution >= 0.6 is 22.7 Å². The van der Waals surface area contributed by atoms with Gasteiger partial charge in [0.2, 0.25) is 15.9 Å². The number of hydrogen-bond acceptors (Lipinski definition) is 9. The van der Waals surface area contributed by atoms with E-state index in [2.05, 4.69) is 20.6 Å². The third-order valence-corrected chi connectivity index (χ3v) is 12.5. The SMILES string of the molecule is CC(C)CN(C(CO)c1ccc(CNC(=O)C(NC(=O)c2ccccc2)C(c2ccccc2)c2ccncc2F)s1)S(=O)(=O)c1ccc2ncsc2c1. The van der Waals surface area contributed by atoms with Gasteiger partial charge in [0.05, 0.1) is 46.0 Å². The monoisotopic (exact) mass is 771 g/mol. The zero-order valence-electron chi connectivity index (χ0n) is 28.9. The van der Waals surface area contributed by atoms with Crippen LogP contribution in [0, 0.1) is 11.7 Å². The number of halogens is 1. The van der Waals surface area contributed by atoms with Crippen LogP contribution < -0.4 is 10.6 Å². The number of amides is 2. The Bertz CT molecular complexity index is 2280. The number of thiazole rings is 1. The van der Waals surface area contributed by atoms with E-state index in [-0.39, 0.29) is 29.5 Å². The molecule has 0 aliphatic heterocycles. The number of fused-ring (bicyclic) bond motifs is 1. The number of aliphatic hydroxyl groups is 1. The number of thiophene rings is 1. The maximum atomic E-state index is 15.4. The first kappa shape index (κ1) is 37.9. The van der Waals surface area contributed by atoms with Gasteiger partial charge in [-0.05, 0) is 60.0 Å². The van der Waals surface area contributed by atoms with Crippen LogP contribution in [0.2, 0.25) is 0 Å². The average molecular weight is 772 g/mol. The zero-order valence-corrected chi connectivity index (χ0v) is 31.4. The van der Waals surface area contributed by atoms with Crippen LogP contribution in [0.4, 0.5) is 4.39 Å². The van der Waals surface area contributed by atoms with Crippen LogP contribution in [0.15, 0.2) is 120 Å². The summed E-state index contributed by atoms with van der Waals surface area (Å²) in [5.74, 6) is -2.65. The van der Waals surface area contributed by atoms with E-state index in [0.717, 1.165) is 10.9 Å². The first-order valence-electron chi connectivity index (χ1n) is 16.9. The lowest BCUT2D eigenvalue weighted by Gasteiger charge is -2.30. The smallest absolute Gasteiger partial charge is 0.251 e. The summed E-state index contributed by atoms with van der Waals surface area (Å²) < 4.78 is 45.7. The minimum atomic E-state index is -4.04. The predicted molar refractivity (Wildman–Crippen MR) is 205 cm³/mol. The zero-order chi connectivity index (χ0) is 37.5. The highest BCUT2D eigenvalue weighted by atomic mass is 32.2. The van der Waals surface area contributed by atoms with E-state index in [0.29, 0.717) is 26.4 Å². The quantitative estimate of drug-likeness (QED) is 0.108. The van der Waals surface area contributed by atoms with E-state index in [9.17, 15) is 23.1 Å². The Morgan fingerprint density at radius 3 is 2.40 bits per heavy atom. The van der Waals surface area contributed by atoms with E-state index in [4.69, 9.17) is 0 Å². The molecule has 53 heavy (non-hydrogen) atoms. The number of pyridine rings is 1. The Morgan fingerprint density at radius 2 is 1.70 bits per heavy atom. The molecule has 0 aliphatic carbocycles. The van der Waals surface area contributed by atoms with Crippen molar-refractivity contribution in [3.63, 3.8) is 0 Å². The molecule has 0 saturated carbocycles. The fourth-order valence-electron chi connectivity index (χ4n) is 6.12. The van der Waals surface area contributed by atoms with Crippen molar-refractivity contribution in [1.82, 2.24) is 24.9 Å². The van der Waals surface area contributed by atoms with Gasteiger partial charge in [-0.15, -0.1) is 22.7 Å². The number of aliphatic hydroxyl groups excluding tert-OH is 1. The first-order valence-corrected chi connectivity index (χ1v) is 20.0. The normalized spacial score (nSPS) is 13.5. The maximum absolute atomic E-state index is 15.4. The van der Waals surface area contributed by atoms with E-state index < -0.39 is 52.3 Å². The molecule has 0 fully saturated rings. The van der Waals surface area contributed by atoms with Crippen LogP contribution in [-0.2, 0) is 21.4 Å². The largest absolute Gasteiger partial charge is 0.394 e. The first-order chi connectivity index (χ1) is 25.6. The number of hydrogen-bond donors (Lipinski definition) is 3. The van der Waals surface area contributed by atoms with E-state index >= 15 is 4.39 Å².